The molecule has 0 amide bonds. The summed E-state index contributed by atoms with van der Waals surface area (Å²) in [6.45, 7) is 0. The number of anilines is 2. The van der Waals surface area contributed by atoms with Crippen molar-refractivity contribution in [2.75, 3.05) is 11.9 Å². The third-order valence-corrected chi connectivity index (χ3v) is 3.85. The summed E-state index contributed by atoms with van der Waals surface area (Å²) in [5, 5.41) is 5.81. The number of rotatable bonds is 3. The van der Waals surface area contributed by atoms with Crippen molar-refractivity contribution in [1.29, 1.82) is 0 Å². The molecule has 0 bridgehead atoms. The molecule has 2 heterocycles. The van der Waals surface area contributed by atoms with Gasteiger partial charge in [-0.2, -0.15) is 14.6 Å². The van der Waals surface area contributed by atoms with E-state index >= 15 is 0 Å². The lowest BCUT2D eigenvalue weighted by molar-refractivity contribution is 0.862. The monoisotopic (exact) mass is 395 g/mol. The molecule has 100 valence electrons. The van der Waals surface area contributed by atoms with Gasteiger partial charge in [-0.1, -0.05) is 30.4 Å². The molecule has 0 saturated carbocycles. The van der Waals surface area contributed by atoms with Crippen LogP contribution in [0.2, 0.25) is 0 Å². The summed E-state index contributed by atoms with van der Waals surface area (Å²) in [6, 6.07) is 9.97. The van der Waals surface area contributed by atoms with Gasteiger partial charge in [-0.05, 0) is 34.7 Å². The minimum absolute atomic E-state index is 0.517. The Hall–Kier alpha value is -1.61. The Morgan fingerprint density at radius 2 is 2.00 bits per heavy atom. The van der Waals surface area contributed by atoms with E-state index in [1.165, 1.54) is 5.37 Å². The first-order chi connectivity index (χ1) is 9.70. The Labute approximate surface area is 134 Å². The minimum Gasteiger partial charge on any atom is -0.313 e. The predicted octanol–water partition coefficient (Wildman–Crippen LogP) is 2.84. The maximum Gasteiger partial charge on any atom is 0.234 e. The predicted molar refractivity (Wildman–Crippen MR) is 90.8 cm³/mol. The lowest BCUT2D eigenvalue weighted by Crippen LogP contribution is -2.17. The maximum absolute atomic E-state index is 4.96. The first-order valence-electron chi connectivity index (χ1n) is 5.86. The van der Waals surface area contributed by atoms with Crippen LogP contribution in [-0.2, 0) is 0 Å². The summed E-state index contributed by atoms with van der Waals surface area (Å²) in [7, 11) is 1.94. The molecule has 0 atom stereocenters. The maximum atomic E-state index is 4.96. The molecule has 3 aromatic rings. The minimum atomic E-state index is 0.517. The molecular formula is C13H10IN5S. The van der Waals surface area contributed by atoms with Crippen molar-refractivity contribution in [2.45, 2.75) is 0 Å². The van der Waals surface area contributed by atoms with E-state index < -0.39 is 0 Å². The van der Waals surface area contributed by atoms with E-state index in [1.807, 2.05) is 42.3 Å². The molecule has 0 spiro atoms. The lowest BCUT2D eigenvalue weighted by atomic mass is 10.3. The van der Waals surface area contributed by atoms with Crippen LogP contribution in [0.25, 0.3) is 5.65 Å². The Kier molecular flexibility index (Phi) is 3.62. The van der Waals surface area contributed by atoms with E-state index in [0.29, 0.717) is 11.8 Å². The summed E-state index contributed by atoms with van der Waals surface area (Å²) in [6.07, 6.45) is 1.76. The number of fused-ring (bicyclic) bond motifs is 1. The zero-order valence-electron chi connectivity index (χ0n) is 10.6. The normalized spacial score (nSPS) is 10.7. The van der Waals surface area contributed by atoms with Gasteiger partial charge >= 0.3 is 0 Å². The second-order valence-corrected chi connectivity index (χ2v) is 5.52. The van der Waals surface area contributed by atoms with Gasteiger partial charge in [0.05, 0.1) is 9.77 Å². The number of nitrogens with zero attached hydrogens (tertiary/aromatic N) is 5. The molecule has 0 aliphatic rings. The molecule has 3 rings (SSSR count). The molecule has 0 fully saturated rings. The first-order valence-corrected chi connectivity index (χ1v) is 7.41. The van der Waals surface area contributed by atoms with Gasteiger partial charge in [0.15, 0.2) is 11.5 Å². The quantitative estimate of drug-likeness (QED) is 0.504. The third kappa shape index (κ3) is 2.27. The van der Waals surface area contributed by atoms with Crippen LogP contribution in [0.5, 0.6) is 0 Å². The van der Waals surface area contributed by atoms with Crippen LogP contribution >= 0.6 is 34.8 Å². The molecule has 0 aliphatic heterocycles. The van der Waals surface area contributed by atoms with Crippen LogP contribution in [0.1, 0.15) is 5.82 Å². The fraction of sp³-hybridized carbons (Fsp3) is 0.0769. The van der Waals surface area contributed by atoms with Crippen LogP contribution in [0.3, 0.4) is 0 Å². The Morgan fingerprint density at radius 3 is 2.70 bits per heavy atom. The van der Waals surface area contributed by atoms with Crippen LogP contribution in [-0.4, -0.2) is 32.0 Å². The smallest absolute Gasteiger partial charge is 0.234 e. The van der Waals surface area contributed by atoms with Crippen LogP contribution in [0.15, 0.2) is 36.5 Å². The molecule has 0 saturated heterocycles. The fourth-order valence-electron chi connectivity index (χ4n) is 1.89. The Morgan fingerprint density at radius 1 is 1.25 bits per heavy atom. The second kappa shape index (κ2) is 5.41. The van der Waals surface area contributed by atoms with E-state index in [-0.39, 0.29) is 0 Å². The van der Waals surface area contributed by atoms with Crippen molar-refractivity contribution in [3.05, 3.63) is 45.9 Å². The highest BCUT2D eigenvalue weighted by Gasteiger charge is 2.15. The number of halogens is 1. The average molecular weight is 395 g/mol. The zero-order chi connectivity index (χ0) is 14.1. The van der Waals surface area contributed by atoms with E-state index in [2.05, 4.69) is 37.7 Å². The SMILES string of the molecule is CN(c1ccccc1)c1nc(C=S)nc2c(I)cnn12. The zero-order valence-corrected chi connectivity index (χ0v) is 13.5. The molecule has 0 unspecified atom stereocenters. The average Bonchev–Trinajstić information content (AvgIpc) is 2.88. The molecule has 0 radical (unpaired) electrons. The number of para-hydroxylation sites is 1. The van der Waals surface area contributed by atoms with Crippen molar-refractivity contribution in [3.63, 3.8) is 0 Å². The van der Waals surface area contributed by atoms with E-state index in [4.69, 9.17) is 12.2 Å². The summed E-state index contributed by atoms with van der Waals surface area (Å²) in [5.41, 5.74) is 1.78. The number of aromatic nitrogens is 4. The first kappa shape index (κ1) is 13.4. The van der Waals surface area contributed by atoms with Crippen molar-refractivity contribution in [3.8, 4) is 0 Å². The van der Waals surface area contributed by atoms with Crippen molar-refractivity contribution >= 4 is 57.5 Å². The van der Waals surface area contributed by atoms with Crippen LogP contribution in [0, 0.1) is 3.57 Å². The van der Waals surface area contributed by atoms with Crippen LogP contribution in [0.4, 0.5) is 11.6 Å². The Bertz CT molecular complexity index is 771. The number of thiocarbonyl (C=S) groups is 1. The largest absolute Gasteiger partial charge is 0.313 e. The fourth-order valence-corrected chi connectivity index (χ4v) is 2.47. The van der Waals surface area contributed by atoms with E-state index in [9.17, 15) is 0 Å². The second-order valence-electron chi connectivity index (χ2n) is 4.12. The molecule has 2 aromatic heterocycles. The highest BCUT2D eigenvalue weighted by atomic mass is 127. The van der Waals surface area contributed by atoms with Crippen molar-refractivity contribution in [2.24, 2.45) is 0 Å². The summed E-state index contributed by atoms with van der Waals surface area (Å²) in [4.78, 5) is 10.8. The van der Waals surface area contributed by atoms with E-state index in [0.717, 1.165) is 14.9 Å². The van der Waals surface area contributed by atoms with Crippen LogP contribution < -0.4 is 4.90 Å². The molecule has 20 heavy (non-hydrogen) atoms. The highest BCUT2D eigenvalue weighted by Crippen LogP contribution is 2.23. The molecule has 7 heteroatoms. The Balaban J connectivity index is 2.22. The van der Waals surface area contributed by atoms with Gasteiger partial charge in [0.1, 0.15) is 0 Å². The summed E-state index contributed by atoms with van der Waals surface area (Å²) in [5.74, 6) is 1.20. The van der Waals surface area contributed by atoms with Gasteiger partial charge < -0.3 is 4.90 Å². The molecule has 1 aromatic carbocycles. The summed E-state index contributed by atoms with van der Waals surface area (Å²) < 4.78 is 2.68. The van der Waals surface area contributed by atoms with Crippen molar-refractivity contribution < 1.29 is 0 Å². The standard InChI is InChI=1S/C13H10IN5S/c1-18(9-5-3-2-4-6-9)13-17-11(8-20)16-12-10(14)7-15-19(12)13/h2-8H,1H3. The van der Waals surface area contributed by atoms with Gasteiger partial charge in [-0.3, -0.25) is 0 Å². The lowest BCUT2D eigenvalue weighted by Gasteiger charge is -2.18. The summed E-state index contributed by atoms with van der Waals surface area (Å²) >= 11 is 7.16. The third-order valence-electron chi connectivity index (χ3n) is 2.87. The molecule has 0 aliphatic carbocycles. The van der Waals surface area contributed by atoms with Gasteiger partial charge in [0.2, 0.25) is 5.95 Å². The highest BCUT2D eigenvalue weighted by molar-refractivity contribution is 14.1. The topological polar surface area (TPSA) is 46.3 Å². The van der Waals surface area contributed by atoms with Crippen molar-refractivity contribution in [1.82, 2.24) is 19.6 Å². The van der Waals surface area contributed by atoms with Gasteiger partial charge in [-0.25, -0.2) is 4.98 Å². The van der Waals surface area contributed by atoms with Gasteiger partial charge in [-0.15, -0.1) is 0 Å². The van der Waals surface area contributed by atoms with E-state index in [1.54, 1.807) is 10.7 Å². The van der Waals surface area contributed by atoms with Gasteiger partial charge in [0, 0.05) is 18.1 Å². The molecular weight excluding hydrogens is 385 g/mol. The van der Waals surface area contributed by atoms with Gasteiger partial charge in [0.25, 0.3) is 0 Å². The number of hydrogen-bond donors (Lipinski definition) is 0. The molecule has 5 nitrogen and oxygen atoms in total. The molecule has 0 N–H and O–H groups in total. The number of hydrogen-bond acceptors (Lipinski definition) is 5. The number of benzene rings is 1.